The van der Waals surface area contributed by atoms with Crippen LogP contribution < -0.4 is 5.32 Å². The van der Waals surface area contributed by atoms with Crippen LogP contribution in [0.15, 0.2) is 48.9 Å². The Kier molecular flexibility index (Phi) is 7.95. The molecule has 40 heavy (non-hydrogen) atoms. The highest BCUT2D eigenvalue weighted by Crippen LogP contribution is 2.34. The number of hydrogen-bond donors (Lipinski definition) is 2. The second kappa shape index (κ2) is 11.3. The first kappa shape index (κ1) is 28.2. The fourth-order valence-electron chi connectivity index (χ4n) is 5.56. The van der Waals surface area contributed by atoms with E-state index in [0.717, 1.165) is 27.5 Å². The number of aromatic amines is 1. The number of fused-ring (bicyclic) bond motifs is 3. The van der Waals surface area contributed by atoms with Crippen LogP contribution in [0.2, 0.25) is 5.02 Å². The predicted octanol–water partition coefficient (Wildman–Crippen LogP) is 6.04. The maximum Gasteiger partial charge on any atom is 0.244 e. The van der Waals surface area contributed by atoms with E-state index in [9.17, 15) is 9.59 Å². The zero-order chi connectivity index (χ0) is 28.6. The van der Waals surface area contributed by atoms with Gasteiger partial charge >= 0.3 is 0 Å². The van der Waals surface area contributed by atoms with Crippen LogP contribution >= 0.6 is 11.6 Å². The number of H-pyrrole nitrogens is 1. The fraction of sp³-hybridized carbons (Fsp3) is 0.419. The molecule has 0 spiro atoms. The zero-order valence-electron chi connectivity index (χ0n) is 23.6. The summed E-state index contributed by atoms with van der Waals surface area (Å²) >= 11 is 6.48. The van der Waals surface area contributed by atoms with Crippen molar-refractivity contribution in [2.24, 2.45) is 11.8 Å². The number of nitrogens with zero attached hydrogens (tertiary/aromatic N) is 3. The van der Waals surface area contributed by atoms with E-state index in [1.54, 1.807) is 30.7 Å². The highest BCUT2D eigenvalue weighted by atomic mass is 35.5. The third kappa shape index (κ3) is 5.89. The number of benzene rings is 1. The minimum absolute atomic E-state index is 0.0513. The molecule has 4 aromatic rings. The normalized spacial score (nSPS) is 18.3. The summed E-state index contributed by atoms with van der Waals surface area (Å²) < 4.78 is 6.11. The molecule has 0 unspecified atom stereocenters. The predicted molar refractivity (Wildman–Crippen MR) is 159 cm³/mol. The van der Waals surface area contributed by atoms with E-state index in [4.69, 9.17) is 16.3 Å². The number of nitrogens with one attached hydrogen (secondary N) is 2. The number of anilines is 1. The van der Waals surface area contributed by atoms with Gasteiger partial charge in [-0.2, -0.15) is 0 Å². The van der Waals surface area contributed by atoms with Gasteiger partial charge in [0.25, 0.3) is 0 Å². The number of aryl methyl sites for hydroxylation is 1. The average molecular weight is 562 g/mol. The third-order valence-corrected chi connectivity index (χ3v) is 8.08. The first-order valence-electron chi connectivity index (χ1n) is 13.7. The Bertz CT molecular complexity index is 1560. The Morgan fingerprint density at radius 2 is 2.02 bits per heavy atom. The number of ketones is 1. The van der Waals surface area contributed by atoms with Crippen LogP contribution in [-0.4, -0.2) is 62.9 Å². The number of carbonyl (C=O) groups excluding carboxylic acids is 2. The molecule has 3 aromatic heterocycles. The summed E-state index contributed by atoms with van der Waals surface area (Å²) in [5.41, 5.74) is 3.24. The summed E-state index contributed by atoms with van der Waals surface area (Å²) in [7, 11) is 0. The molecule has 1 aliphatic rings. The monoisotopic (exact) mass is 561 g/mol. The molecule has 210 valence electrons. The topological polar surface area (TPSA) is 100 Å². The van der Waals surface area contributed by atoms with Crippen molar-refractivity contribution >= 4 is 50.8 Å². The van der Waals surface area contributed by atoms with Crippen LogP contribution in [0.4, 0.5) is 5.69 Å². The van der Waals surface area contributed by atoms with E-state index in [1.807, 2.05) is 39.0 Å². The summed E-state index contributed by atoms with van der Waals surface area (Å²) in [6.07, 6.45) is 5.58. The number of amides is 1. The molecule has 2 N–H and O–H groups in total. The van der Waals surface area contributed by atoms with Crippen molar-refractivity contribution in [1.82, 2.24) is 19.9 Å². The van der Waals surface area contributed by atoms with Crippen LogP contribution in [0.3, 0.4) is 0 Å². The van der Waals surface area contributed by atoms with E-state index >= 15 is 0 Å². The average Bonchev–Trinajstić information content (AvgIpc) is 3.26. The lowest BCUT2D eigenvalue weighted by molar-refractivity contribution is -0.145. The summed E-state index contributed by atoms with van der Waals surface area (Å²) in [5.74, 6) is 0.193. The maximum atomic E-state index is 13.8. The van der Waals surface area contributed by atoms with Crippen molar-refractivity contribution in [3.63, 3.8) is 0 Å². The van der Waals surface area contributed by atoms with E-state index < -0.39 is 11.6 Å². The molecule has 0 aliphatic carbocycles. The molecule has 5 rings (SSSR count). The van der Waals surface area contributed by atoms with Crippen molar-refractivity contribution in [2.45, 2.75) is 52.7 Å². The number of Topliss-reactive ketones (excluding diaryl/α,β-unsaturated/α-hetero) is 1. The van der Waals surface area contributed by atoms with Gasteiger partial charge in [0.2, 0.25) is 5.91 Å². The van der Waals surface area contributed by atoms with Crippen LogP contribution in [-0.2, 0) is 9.53 Å². The van der Waals surface area contributed by atoms with E-state index in [2.05, 4.69) is 39.0 Å². The molecule has 4 heterocycles. The minimum Gasteiger partial charge on any atom is -0.372 e. The van der Waals surface area contributed by atoms with Gasteiger partial charge < -0.3 is 15.0 Å². The smallest absolute Gasteiger partial charge is 0.244 e. The van der Waals surface area contributed by atoms with Crippen molar-refractivity contribution in [3.05, 3.63) is 65.2 Å². The molecule has 9 heteroatoms. The molecule has 2 atom stereocenters. The Balaban J connectivity index is 1.40. The molecule has 1 fully saturated rings. The first-order valence-corrected chi connectivity index (χ1v) is 14.1. The number of carbonyl (C=O) groups is 2. The van der Waals surface area contributed by atoms with Crippen molar-refractivity contribution < 1.29 is 14.3 Å². The Labute approximate surface area is 239 Å². The molecule has 1 saturated heterocycles. The zero-order valence-corrected chi connectivity index (χ0v) is 24.4. The minimum atomic E-state index is -0.524. The molecule has 0 radical (unpaired) electrons. The quantitative estimate of drug-likeness (QED) is 0.255. The Hall–Kier alpha value is -3.33. The lowest BCUT2D eigenvalue weighted by Gasteiger charge is -2.44. The highest BCUT2D eigenvalue weighted by Gasteiger charge is 2.39. The van der Waals surface area contributed by atoms with Gasteiger partial charge in [0.05, 0.1) is 35.1 Å². The van der Waals surface area contributed by atoms with Crippen LogP contribution in [0.1, 0.15) is 50.2 Å². The largest absolute Gasteiger partial charge is 0.372 e. The maximum absolute atomic E-state index is 13.8. The summed E-state index contributed by atoms with van der Waals surface area (Å²) in [5, 5.41) is 5.55. The molecule has 8 nitrogen and oxygen atoms in total. The van der Waals surface area contributed by atoms with Gasteiger partial charge in [0, 0.05) is 59.0 Å². The van der Waals surface area contributed by atoms with Gasteiger partial charge in [-0.3, -0.25) is 24.5 Å². The molecule has 0 saturated carbocycles. The number of pyridine rings is 2. The number of rotatable bonds is 8. The van der Waals surface area contributed by atoms with Crippen molar-refractivity contribution in [3.8, 4) is 0 Å². The van der Waals surface area contributed by atoms with Gasteiger partial charge in [-0.25, -0.2) is 0 Å². The summed E-state index contributed by atoms with van der Waals surface area (Å²) in [6, 6.07) is 8.68. The number of morpholine rings is 1. The van der Waals surface area contributed by atoms with Crippen molar-refractivity contribution in [1.29, 1.82) is 0 Å². The standard InChI is InChI=1S/C31H36ClN5O3/c1-18(2)20(11-28(38)22-7-6-9-34-19(22)3)15-37-17-31(4,5)40-16-27(37)30(39)36-25-13-21(32)12-24-23-8-10-33-14-26(23)35-29(24)25/h6-10,12-14,18,20,27,35H,11,15-17H2,1-5H3,(H,36,39)/t20-,27+/m1/s1. The number of aromatic nitrogens is 3. The van der Waals surface area contributed by atoms with E-state index in [1.165, 1.54) is 0 Å². The van der Waals surface area contributed by atoms with E-state index in [0.29, 0.717) is 35.8 Å². The van der Waals surface area contributed by atoms with Gasteiger partial charge in [0.1, 0.15) is 6.04 Å². The number of halogens is 1. The Morgan fingerprint density at radius 1 is 1.23 bits per heavy atom. The lowest BCUT2D eigenvalue weighted by Crippen LogP contribution is -2.59. The fourth-order valence-corrected chi connectivity index (χ4v) is 5.78. The van der Waals surface area contributed by atoms with E-state index in [-0.39, 0.29) is 30.1 Å². The van der Waals surface area contributed by atoms with Gasteiger partial charge in [-0.05, 0) is 62.9 Å². The number of hydrogen-bond acceptors (Lipinski definition) is 6. The second-order valence-corrected chi connectivity index (χ2v) is 12.1. The van der Waals surface area contributed by atoms with Gasteiger partial charge in [0.15, 0.2) is 5.78 Å². The third-order valence-electron chi connectivity index (χ3n) is 7.86. The van der Waals surface area contributed by atoms with Crippen LogP contribution in [0.5, 0.6) is 0 Å². The molecule has 1 aliphatic heterocycles. The molecule has 0 bridgehead atoms. The molecular formula is C31H36ClN5O3. The summed E-state index contributed by atoms with van der Waals surface area (Å²) in [6.45, 7) is 11.6. The Morgan fingerprint density at radius 3 is 2.77 bits per heavy atom. The summed E-state index contributed by atoms with van der Waals surface area (Å²) in [4.78, 5) is 41.1. The highest BCUT2D eigenvalue weighted by molar-refractivity contribution is 6.33. The van der Waals surface area contributed by atoms with Crippen LogP contribution in [0, 0.1) is 18.8 Å². The van der Waals surface area contributed by atoms with Crippen molar-refractivity contribution in [2.75, 3.05) is 25.0 Å². The SMILES string of the molecule is Cc1ncccc1C(=O)C[C@H](CN1CC(C)(C)OC[C@H]1C(=O)Nc1cc(Cl)cc2c1[nH]c1cnccc12)C(C)C. The van der Waals surface area contributed by atoms with Gasteiger partial charge in [-0.1, -0.05) is 25.4 Å². The van der Waals surface area contributed by atoms with Crippen LogP contribution in [0.25, 0.3) is 21.8 Å². The molecule has 1 aromatic carbocycles. The lowest BCUT2D eigenvalue weighted by atomic mass is 9.87. The number of ether oxygens (including phenoxy) is 1. The first-order chi connectivity index (χ1) is 19.0. The molecular weight excluding hydrogens is 526 g/mol. The van der Waals surface area contributed by atoms with Gasteiger partial charge in [-0.15, -0.1) is 0 Å². The second-order valence-electron chi connectivity index (χ2n) is 11.7. The molecule has 1 amide bonds.